The maximum atomic E-state index is 9.34. The Bertz CT molecular complexity index is 397. The molecule has 0 heterocycles. The molecular weight excluding hydrogens is 276 g/mol. The van der Waals surface area contributed by atoms with Gasteiger partial charge < -0.3 is 5.11 Å². The Kier molecular flexibility index (Phi) is 6.36. The Morgan fingerprint density at radius 2 is 1.43 bits per heavy atom. The van der Waals surface area contributed by atoms with Crippen LogP contribution in [-0.4, -0.2) is 16.5 Å². The summed E-state index contributed by atoms with van der Waals surface area (Å²) < 4.78 is 0.137. The predicted molar refractivity (Wildman–Crippen MR) is 95.7 cm³/mol. The molecule has 21 heavy (non-hydrogen) atoms. The number of hydrogen-bond acceptors (Lipinski definition) is 2. The number of aliphatic hydroxyl groups is 1. The summed E-state index contributed by atoms with van der Waals surface area (Å²) in [5.41, 5.74) is 1.74. The average molecular weight is 309 g/mol. The Morgan fingerprint density at radius 1 is 0.905 bits per heavy atom. The molecule has 1 N–H and O–H groups in total. The molecule has 0 radical (unpaired) electrons. The lowest BCUT2D eigenvalue weighted by atomic mass is 9.64. The van der Waals surface area contributed by atoms with Gasteiger partial charge in [-0.05, 0) is 29.2 Å². The van der Waals surface area contributed by atoms with Crippen molar-refractivity contribution in [3.05, 3.63) is 35.9 Å². The van der Waals surface area contributed by atoms with Crippen molar-refractivity contribution in [3.63, 3.8) is 0 Å². The van der Waals surface area contributed by atoms with E-state index >= 15 is 0 Å². The monoisotopic (exact) mass is 308 g/mol. The molecule has 0 fully saturated rings. The second-order valence-electron chi connectivity index (χ2n) is 7.93. The summed E-state index contributed by atoms with van der Waals surface area (Å²) in [4.78, 5) is 0. The fourth-order valence-corrected chi connectivity index (χ4v) is 5.25. The van der Waals surface area contributed by atoms with Crippen molar-refractivity contribution in [3.8, 4) is 0 Å². The van der Waals surface area contributed by atoms with Gasteiger partial charge in [0.25, 0.3) is 0 Å². The molecule has 0 unspecified atom stereocenters. The summed E-state index contributed by atoms with van der Waals surface area (Å²) in [7, 11) is 0. The number of hydrogen-bond donors (Lipinski definition) is 1. The highest BCUT2D eigenvalue weighted by Gasteiger charge is 2.50. The molecular formula is C19H32OS. The zero-order valence-corrected chi connectivity index (χ0v) is 15.4. The van der Waals surface area contributed by atoms with Crippen LogP contribution in [0.3, 0.4) is 0 Å². The van der Waals surface area contributed by atoms with Crippen LogP contribution in [0.1, 0.15) is 59.9 Å². The van der Waals surface area contributed by atoms with Gasteiger partial charge in [0.15, 0.2) is 0 Å². The smallest absolute Gasteiger partial charge is 0.0431 e. The van der Waals surface area contributed by atoms with E-state index in [1.54, 1.807) is 0 Å². The highest BCUT2D eigenvalue weighted by atomic mass is 32.2. The molecule has 0 aliphatic rings. The fourth-order valence-electron chi connectivity index (χ4n) is 3.49. The van der Waals surface area contributed by atoms with Gasteiger partial charge in [0.05, 0.1) is 0 Å². The normalized spacial score (nSPS) is 13.5. The van der Waals surface area contributed by atoms with E-state index in [2.05, 4.69) is 83.6 Å². The standard InChI is InChI=1S/C19H32OS/c1-17(2,3)19(13-10-14-20,18(4,5)6)21-15-16-11-8-7-9-12-16/h7-9,11-12,20H,10,13-15H2,1-6H3. The average Bonchev–Trinajstić information content (AvgIpc) is 2.37. The van der Waals surface area contributed by atoms with E-state index in [1.165, 1.54) is 5.56 Å². The number of rotatable bonds is 6. The van der Waals surface area contributed by atoms with Crippen LogP contribution in [0, 0.1) is 10.8 Å². The highest BCUT2D eigenvalue weighted by Crippen LogP contribution is 2.56. The molecule has 0 spiro atoms. The third-order valence-electron chi connectivity index (χ3n) is 4.44. The minimum atomic E-state index is 0.137. The van der Waals surface area contributed by atoms with E-state index in [-0.39, 0.29) is 22.2 Å². The maximum Gasteiger partial charge on any atom is 0.0431 e. The molecule has 120 valence electrons. The Balaban J connectivity index is 3.04. The highest BCUT2D eigenvalue weighted by molar-refractivity contribution is 8.00. The van der Waals surface area contributed by atoms with Crippen molar-refractivity contribution < 1.29 is 5.11 Å². The predicted octanol–water partition coefficient (Wildman–Crippen LogP) is 5.52. The molecule has 0 saturated carbocycles. The molecule has 0 aliphatic carbocycles. The molecule has 1 aromatic carbocycles. The minimum absolute atomic E-state index is 0.137. The Hall–Kier alpha value is -0.470. The van der Waals surface area contributed by atoms with Gasteiger partial charge in [-0.3, -0.25) is 0 Å². The summed E-state index contributed by atoms with van der Waals surface area (Å²) in [6.45, 7) is 14.3. The van der Waals surface area contributed by atoms with Crippen molar-refractivity contribution >= 4 is 11.8 Å². The topological polar surface area (TPSA) is 20.2 Å². The number of thioether (sulfide) groups is 1. The van der Waals surface area contributed by atoms with Gasteiger partial charge in [0, 0.05) is 17.1 Å². The lowest BCUT2D eigenvalue weighted by Crippen LogP contribution is -2.50. The summed E-state index contributed by atoms with van der Waals surface area (Å²) >= 11 is 2.06. The van der Waals surface area contributed by atoms with Gasteiger partial charge in [0.2, 0.25) is 0 Å². The first-order chi connectivity index (χ1) is 9.64. The van der Waals surface area contributed by atoms with Gasteiger partial charge in [-0.1, -0.05) is 71.9 Å². The second-order valence-corrected chi connectivity index (χ2v) is 9.20. The van der Waals surface area contributed by atoms with Crippen molar-refractivity contribution in [1.82, 2.24) is 0 Å². The molecule has 1 rings (SSSR count). The van der Waals surface area contributed by atoms with E-state index in [1.807, 2.05) is 0 Å². The Morgan fingerprint density at radius 3 is 1.86 bits per heavy atom. The van der Waals surface area contributed by atoms with Crippen LogP contribution < -0.4 is 0 Å². The quantitative estimate of drug-likeness (QED) is 0.746. The van der Waals surface area contributed by atoms with E-state index in [4.69, 9.17) is 0 Å². The van der Waals surface area contributed by atoms with Crippen LogP contribution in [0.5, 0.6) is 0 Å². The fraction of sp³-hybridized carbons (Fsp3) is 0.684. The van der Waals surface area contributed by atoms with Crippen LogP contribution >= 0.6 is 11.8 Å². The zero-order valence-electron chi connectivity index (χ0n) is 14.6. The minimum Gasteiger partial charge on any atom is -0.396 e. The largest absolute Gasteiger partial charge is 0.396 e. The number of aliphatic hydroxyl groups excluding tert-OH is 1. The summed E-state index contributed by atoms with van der Waals surface area (Å²) in [6, 6.07) is 10.7. The van der Waals surface area contributed by atoms with E-state index in [0.717, 1.165) is 18.6 Å². The number of benzene rings is 1. The van der Waals surface area contributed by atoms with Crippen LogP contribution in [0.25, 0.3) is 0 Å². The molecule has 1 nitrogen and oxygen atoms in total. The van der Waals surface area contributed by atoms with Gasteiger partial charge in [-0.2, -0.15) is 0 Å². The molecule has 0 saturated heterocycles. The Labute approximate surface area is 135 Å². The van der Waals surface area contributed by atoms with Crippen LogP contribution in [0.2, 0.25) is 0 Å². The van der Waals surface area contributed by atoms with Gasteiger partial charge in [-0.15, -0.1) is 11.8 Å². The zero-order chi connectivity index (χ0) is 16.1. The van der Waals surface area contributed by atoms with E-state index in [9.17, 15) is 5.11 Å². The summed E-state index contributed by atoms with van der Waals surface area (Å²) in [6.07, 6.45) is 1.92. The SMILES string of the molecule is CC(C)(C)C(CCCO)(SCc1ccccc1)C(C)(C)C. The molecule has 0 amide bonds. The molecule has 1 aromatic rings. The maximum absolute atomic E-state index is 9.34. The molecule has 0 aliphatic heterocycles. The van der Waals surface area contributed by atoms with Gasteiger partial charge in [0.1, 0.15) is 0 Å². The van der Waals surface area contributed by atoms with Gasteiger partial charge in [-0.25, -0.2) is 0 Å². The third kappa shape index (κ3) is 4.50. The first kappa shape index (κ1) is 18.6. The van der Waals surface area contributed by atoms with Crippen molar-refractivity contribution in [2.75, 3.05) is 6.61 Å². The van der Waals surface area contributed by atoms with Gasteiger partial charge >= 0.3 is 0 Å². The lowest BCUT2D eigenvalue weighted by molar-refractivity contribution is 0.121. The van der Waals surface area contributed by atoms with Crippen LogP contribution in [-0.2, 0) is 5.75 Å². The third-order valence-corrected chi connectivity index (χ3v) is 6.84. The van der Waals surface area contributed by atoms with Crippen LogP contribution in [0.4, 0.5) is 0 Å². The van der Waals surface area contributed by atoms with E-state index in [0.29, 0.717) is 0 Å². The van der Waals surface area contributed by atoms with Crippen molar-refractivity contribution in [2.24, 2.45) is 10.8 Å². The molecule has 2 heteroatoms. The van der Waals surface area contributed by atoms with Crippen molar-refractivity contribution in [2.45, 2.75) is 64.9 Å². The molecule has 0 aromatic heterocycles. The first-order valence-corrected chi connectivity index (χ1v) is 8.91. The van der Waals surface area contributed by atoms with E-state index < -0.39 is 0 Å². The lowest BCUT2D eigenvalue weighted by Gasteiger charge is -2.53. The van der Waals surface area contributed by atoms with Crippen LogP contribution in [0.15, 0.2) is 30.3 Å². The molecule has 0 bridgehead atoms. The second kappa shape index (κ2) is 7.19. The summed E-state index contributed by atoms with van der Waals surface area (Å²) in [5.74, 6) is 1.03. The first-order valence-electron chi connectivity index (χ1n) is 7.93. The molecule has 0 atom stereocenters. The van der Waals surface area contributed by atoms with Crippen molar-refractivity contribution in [1.29, 1.82) is 0 Å². The summed E-state index contributed by atoms with van der Waals surface area (Å²) in [5, 5.41) is 9.34.